The van der Waals surface area contributed by atoms with Crippen molar-refractivity contribution in [1.29, 1.82) is 0 Å². The molecule has 2 aliphatic rings. The summed E-state index contributed by atoms with van der Waals surface area (Å²) in [7, 11) is 0. The van der Waals surface area contributed by atoms with E-state index in [4.69, 9.17) is 9.47 Å². The van der Waals surface area contributed by atoms with Crippen molar-refractivity contribution in [1.82, 2.24) is 4.90 Å². The molecule has 0 amide bonds. The second-order valence-electron chi connectivity index (χ2n) is 8.04. The quantitative estimate of drug-likeness (QED) is 0.525. The molecule has 0 radical (unpaired) electrons. The van der Waals surface area contributed by atoms with Crippen LogP contribution in [0, 0.1) is 18.6 Å². The summed E-state index contributed by atoms with van der Waals surface area (Å²) in [5, 5.41) is 0. The van der Waals surface area contributed by atoms with Gasteiger partial charge in [-0.05, 0) is 54.8 Å². The Morgan fingerprint density at radius 1 is 1.09 bits per heavy atom. The Morgan fingerprint density at radius 2 is 1.88 bits per heavy atom. The summed E-state index contributed by atoms with van der Waals surface area (Å²) in [6, 6.07) is 14.6. The summed E-state index contributed by atoms with van der Waals surface area (Å²) in [5.74, 6) is 0.354. The minimum Gasteiger partial charge on any atom is -0.478 e. The highest BCUT2D eigenvalue weighted by Crippen LogP contribution is 2.44. The van der Waals surface area contributed by atoms with Crippen LogP contribution in [0.5, 0.6) is 11.5 Å². The number of allylic oxidation sites excluding steroid dienone is 1. The van der Waals surface area contributed by atoms with Crippen LogP contribution in [0.3, 0.4) is 0 Å². The monoisotopic (exact) mass is 433 g/mol. The summed E-state index contributed by atoms with van der Waals surface area (Å²) in [4.78, 5) is 15.1. The SMILES string of the molecule is Cc1cc2c(c3c1C(=O)/C(=C\c1ccccc1F)O3)CN(CCc1ccc(F)cc1)CO2. The number of carbonyl (C=O) groups is 1. The highest BCUT2D eigenvalue weighted by atomic mass is 19.1. The van der Waals surface area contributed by atoms with E-state index in [9.17, 15) is 13.6 Å². The first-order valence-corrected chi connectivity index (χ1v) is 10.4. The normalized spacial score (nSPS) is 16.5. The predicted molar refractivity (Wildman–Crippen MR) is 117 cm³/mol. The predicted octanol–water partition coefficient (Wildman–Crippen LogP) is 5.28. The average molecular weight is 433 g/mol. The van der Waals surface area contributed by atoms with Gasteiger partial charge in [0.1, 0.15) is 29.9 Å². The fourth-order valence-corrected chi connectivity index (χ4v) is 4.09. The minimum absolute atomic E-state index is 0.102. The number of Topliss-reactive ketones (excluding diaryl/α,β-unsaturated/α-hetero) is 1. The number of ketones is 1. The van der Waals surface area contributed by atoms with Crippen LogP contribution in [0.1, 0.15) is 32.6 Å². The van der Waals surface area contributed by atoms with Gasteiger partial charge in [-0.15, -0.1) is 0 Å². The minimum atomic E-state index is -0.415. The zero-order valence-corrected chi connectivity index (χ0v) is 17.5. The largest absolute Gasteiger partial charge is 0.478 e. The van der Waals surface area contributed by atoms with Gasteiger partial charge < -0.3 is 9.47 Å². The zero-order valence-electron chi connectivity index (χ0n) is 17.5. The highest BCUT2D eigenvalue weighted by Gasteiger charge is 2.35. The molecule has 0 saturated heterocycles. The first-order chi connectivity index (χ1) is 15.5. The topological polar surface area (TPSA) is 38.8 Å². The van der Waals surface area contributed by atoms with E-state index in [1.165, 1.54) is 24.3 Å². The lowest BCUT2D eigenvalue weighted by atomic mass is 9.98. The standard InChI is InChI=1S/C26H21F2NO3/c1-16-12-22-20(14-29(15-31-22)11-10-17-6-8-19(27)9-7-17)26-24(16)25(30)23(32-26)13-18-4-2-3-5-21(18)28/h2-9,12-13H,10-11,14-15H2,1H3/b23-13+. The molecule has 6 heteroatoms. The Balaban J connectivity index is 1.40. The van der Waals surface area contributed by atoms with Crippen molar-refractivity contribution in [2.45, 2.75) is 19.9 Å². The number of carbonyl (C=O) groups excluding carboxylic acids is 1. The number of fused-ring (bicyclic) bond motifs is 3. The number of nitrogens with zero attached hydrogens (tertiary/aromatic N) is 1. The summed E-state index contributed by atoms with van der Waals surface area (Å²) in [6.07, 6.45) is 2.19. The van der Waals surface area contributed by atoms with Crippen molar-refractivity contribution in [3.05, 3.63) is 99.8 Å². The van der Waals surface area contributed by atoms with Crippen molar-refractivity contribution in [2.75, 3.05) is 13.3 Å². The fourth-order valence-electron chi connectivity index (χ4n) is 4.09. The average Bonchev–Trinajstić information content (AvgIpc) is 3.12. The Hall–Kier alpha value is -3.51. The molecule has 5 rings (SSSR count). The van der Waals surface area contributed by atoms with E-state index in [1.807, 2.05) is 13.0 Å². The lowest BCUT2D eigenvalue weighted by Gasteiger charge is -2.30. The van der Waals surface area contributed by atoms with Crippen LogP contribution in [0.15, 0.2) is 60.4 Å². The van der Waals surface area contributed by atoms with Crippen molar-refractivity contribution >= 4 is 11.9 Å². The molecule has 0 atom stereocenters. The van der Waals surface area contributed by atoms with Crippen LogP contribution in [0.2, 0.25) is 0 Å². The summed E-state index contributed by atoms with van der Waals surface area (Å²) in [6.45, 7) is 3.52. The van der Waals surface area contributed by atoms with Crippen molar-refractivity contribution in [2.24, 2.45) is 0 Å². The molecule has 2 aliphatic heterocycles. The Kier molecular flexibility index (Phi) is 5.23. The molecule has 32 heavy (non-hydrogen) atoms. The molecule has 0 N–H and O–H groups in total. The maximum absolute atomic E-state index is 14.1. The van der Waals surface area contributed by atoms with E-state index >= 15 is 0 Å². The van der Waals surface area contributed by atoms with Gasteiger partial charge in [-0.3, -0.25) is 9.69 Å². The van der Waals surface area contributed by atoms with Gasteiger partial charge in [0.15, 0.2) is 5.76 Å². The molecule has 0 fully saturated rings. The maximum Gasteiger partial charge on any atom is 0.232 e. The lowest BCUT2D eigenvalue weighted by Crippen LogP contribution is -2.33. The van der Waals surface area contributed by atoms with Gasteiger partial charge in [-0.1, -0.05) is 30.3 Å². The molecule has 0 aliphatic carbocycles. The van der Waals surface area contributed by atoms with Gasteiger partial charge in [-0.2, -0.15) is 0 Å². The van der Waals surface area contributed by atoms with Crippen molar-refractivity contribution in [3.8, 4) is 11.5 Å². The summed E-state index contributed by atoms with van der Waals surface area (Å²) < 4.78 is 39.2. The van der Waals surface area contributed by atoms with Crippen LogP contribution in [-0.4, -0.2) is 24.0 Å². The molecule has 162 valence electrons. The van der Waals surface area contributed by atoms with E-state index < -0.39 is 5.82 Å². The third-order valence-electron chi connectivity index (χ3n) is 5.81. The first kappa shape index (κ1) is 20.4. The molecule has 0 spiro atoms. The van der Waals surface area contributed by atoms with Crippen LogP contribution in [0.25, 0.3) is 6.08 Å². The summed E-state index contributed by atoms with van der Waals surface area (Å²) >= 11 is 0. The van der Waals surface area contributed by atoms with Gasteiger partial charge in [0.2, 0.25) is 5.78 Å². The molecule has 0 aromatic heterocycles. The fraction of sp³-hybridized carbons (Fsp3) is 0.192. The Labute approximate surface area is 184 Å². The second-order valence-corrected chi connectivity index (χ2v) is 8.04. The van der Waals surface area contributed by atoms with Crippen LogP contribution in [-0.2, 0) is 13.0 Å². The van der Waals surface area contributed by atoms with E-state index in [-0.39, 0.29) is 17.4 Å². The molecular weight excluding hydrogens is 412 g/mol. The van der Waals surface area contributed by atoms with Crippen molar-refractivity contribution < 1.29 is 23.0 Å². The molecular formula is C26H21F2NO3. The van der Waals surface area contributed by atoms with E-state index in [0.29, 0.717) is 42.4 Å². The molecule has 0 bridgehead atoms. The zero-order chi connectivity index (χ0) is 22.2. The number of aryl methyl sites for hydroxylation is 1. The Morgan fingerprint density at radius 3 is 2.66 bits per heavy atom. The maximum atomic E-state index is 14.1. The smallest absolute Gasteiger partial charge is 0.232 e. The number of benzene rings is 3. The third-order valence-corrected chi connectivity index (χ3v) is 5.81. The number of hydrogen-bond donors (Lipinski definition) is 0. The Bertz CT molecular complexity index is 1230. The summed E-state index contributed by atoms with van der Waals surface area (Å²) in [5.41, 5.74) is 3.40. The van der Waals surface area contributed by atoms with Gasteiger partial charge in [0.25, 0.3) is 0 Å². The number of ether oxygens (including phenoxy) is 2. The van der Waals surface area contributed by atoms with E-state index in [2.05, 4.69) is 4.90 Å². The second kappa shape index (κ2) is 8.20. The molecule has 0 saturated carbocycles. The number of rotatable bonds is 4. The molecule has 2 heterocycles. The third kappa shape index (κ3) is 3.78. The van der Waals surface area contributed by atoms with Gasteiger partial charge in [-0.25, -0.2) is 8.78 Å². The van der Waals surface area contributed by atoms with Crippen molar-refractivity contribution in [3.63, 3.8) is 0 Å². The van der Waals surface area contributed by atoms with Gasteiger partial charge in [0, 0.05) is 18.7 Å². The van der Waals surface area contributed by atoms with Gasteiger partial charge in [0.05, 0.1) is 11.1 Å². The van der Waals surface area contributed by atoms with Crippen LogP contribution in [0.4, 0.5) is 8.78 Å². The van der Waals surface area contributed by atoms with Crippen LogP contribution < -0.4 is 9.47 Å². The van der Waals surface area contributed by atoms with E-state index in [1.54, 1.807) is 30.3 Å². The number of halogens is 2. The van der Waals surface area contributed by atoms with Gasteiger partial charge >= 0.3 is 0 Å². The van der Waals surface area contributed by atoms with E-state index in [0.717, 1.165) is 23.1 Å². The number of hydrogen-bond acceptors (Lipinski definition) is 4. The highest BCUT2D eigenvalue weighted by molar-refractivity contribution is 6.15. The molecule has 4 nitrogen and oxygen atoms in total. The first-order valence-electron chi connectivity index (χ1n) is 10.4. The molecule has 3 aromatic carbocycles. The molecule has 3 aromatic rings. The lowest BCUT2D eigenvalue weighted by molar-refractivity contribution is 0.0949. The molecule has 0 unspecified atom stereocenters. The van der Waals surface area contributed by atoms with Crippen LogP contribution >= 0.6 is 0 Å².